The highest BCUT2D eigenvalue weighted by Gasteiger charge is 2.24. The molecule has 1 nitrogen and oxygen atoms in total. The summed E-state index contributed by atoms with van der Waals surface area (Å²) >= 11 is 1.49. The standard InChI is InChI=1S/C15H24OS/c1-6-14(15(2,3)4)13-9-7-12(8-10-13)11-17-16-5/h7-10,14H,6,11H2,1-5H3. The highest BCUT2D eigenvalue weighted by molar-refractivity contribution is 7.93. The van der Waals surface area contributed by atoms with E-state index >= 15 is 0 Å². The van der Waals surface area contributed by atoms with Crippen molar-refractivity contribution in [3.8, 4) is 0 Å². The summed E-state index contributed by atoms with van der Waals surface area (Å²) in [6, 6.07) is 8.97. The van der Waals surface area contributed by atoms with Gasteiger partial charge < -0.3 is 4.18 Å². The molecule has 1 aromatic rings. The predicted octanol–water partition coefficient (Wildman–Crippen LogP) is 5.02. The number of hydrogen-bond acceptors (Lipinski definition) is 2. The fraction of sp³-hybridized carbons (Fsp3) is 0.600. The van der Waals surface area contributed by atoms with Gasteiger partial charge in [-0.15, -0.1) is 0 Å². The molecule has 1 rings (SSSR count). The lowest BCUT2D eigenvalue weighted by Gasteiger charge is -2.30. The molecule has 1 aromatic carbocycles. The van der Waals surface area contributed by atoms with Gasteiger partial charge in [-0.05, 0) is 40.9 Å². The van der Waals surface area contributed by atoms with Crippen LogP contribution in [0.3, 0.4) is 0 Å². The molecule has 0 amide bonds. The summed E-state index contributed by atoms with van der Waals surface area (Å²) in [4.78, 5) is 0. The molecule has 0 aliphatic heterocycles. The molecular weight excluding hydrogens is 228 g/mol. The molecule has 96 valence electrons. The fourth-order valence-corrected chi connectivity index (χ4v) is 2.77. The van der Waals surface area contributed by atoms with Crippen LogP contribution in [0.5, 0.6) is 0 Å². The zero-order valence-corrected chi connectivity index (χ0v) is 12.4. The second-order valence-corrected chi connectivity index (χ2v) is 6.36. The largest absolute Gasteiger partial charge is 0.318 e. The molecule has 1 atom stereocenters. The number of hydrogen-bond donors (Lipinski definition) is 0. The summed E-state index contributed by atoms with van der Waals surface area (Å²) in [5, 5.41) is 0. The van der Waals surface area contributed by atoms with Crippen molar-refractivity contribution in [3.63, 3.8) is 0 Å². The van der Waals surface area contributed by atoms with Crippen LogP contribution in [0, 0.1) is 5.41 Å². The van der Waals surface area contributed by atoms with Crippen molar-refractivity contribution in [1.82, 2.24) is 0 Å². The minimum atomic E-state index is 0.331. The third-order valence-corrected chi connectivity index (χ3v) is 3.87. The zero-order valence-electron chi connectivity index (χ0n) is 11.6. The molecule has 0 fully saturated rings. The summed E-state index contributed by atoms with van der Waals surface area (Å²) in [5.41, 5.74) is 3.10. The molecule has 0 aliphatic carbocycles. The summed E-state index contributed by atoms with van der Waals surface area (Å²) < 4.78 is 5.02. The van der Waals surface area contributed by atoms with Gasteiger partial charge in [0.2, 0.25) is 0 Å². The first-order valence-corrected chi connectivity index (χ1v) is 7.14. The van der Waals surface area contributed by atoms with E-state index in [0.29, 0.717) is 11.3 Å². The third kappa shape index (κ3) is 4.36. The molecule has 0 N–H and O–H groups in total. The summed E-state index contributed by atoms with van der Waals surface area (Å²) in [6.07, 6.45) is 1.19. The fourth-order valence-electron chi connectivity index (χ4n) is 2.32. The second kappa shape index (κ2) is 6.46. The lowest BCUT2D eigenvalue weighted by atomic mass is 9.75. The molecular formula is C15H24OS. The lowest BCUT2D eigenvalue weighted by Crippen LogP contribution is -2.17. The van der Waals surface area contributed by atoms with Crippen molar-refractivity contribution in [2.45, 2.75) is 45.8 Å². The number of benzene rings is 1. The Kier molecular flexibility index (Phi) is 5.54. The zero-order chi connectivity index (χ0) is 12.9. The average Bonchev–Trinajstić information content (AvgIpc) is 2.27. The molecule has 0 radical (unpaired) electrons. The molecule has 0 bridgehead atoms. The van der Waals surface area contributed by atoms with E-state index in [0.717, 1.165) is 5.75 Å². The van der Waals surface area contributed by atoms with Gasteiger partial charge in [0.1, 0.15) is 0 Å². The van der Waals surface area contributed by atoms with Gasteiger partial charge in [0.15, 0.2) is 0 Å². The molecule has 0 aliphatic rings. The van der Waals surface area contributed by atoms with Crippen LogP contribution in [0.25, 0.3) is 0 Å². The van der Waals surface area contributed by atoms with E-state index in [-0.39, 0.29) is 0 Å². The van der Waals surface area contributed by atoms with Crippen LogP contribution in [0.2, 0.25) is 0 Å². The van der Waals surface area contributed by atoms with Gasteiger partial charge in [0, 0.05) is 5.75 Å². The van der Waals surface area contributed by atoms with Gasteiger partial charge in [-0.2, -0.15) is 0 Å². The predicted molar refractivity (Wildman–Crippen MR) is 77.2 cm³/mol. The topological polar surface area (TPSA) is 9.23 Å². The molecule has 0 heterocycles. The first-order chi connectivity index (χ1) is 7.99. The summed E-state index contributed by atoms with van der Waals surface area (Å²) in [7, 11) is 1.71. The Morgan fingerprint density at radius 1 is 1.18 bits per heavy atom. The molecule has 0 spiro atoms. The van der Waals surface area contributed by atoms with Crippen LogP contribution >= 0.6 is 12.0 Å². The maximum absolute atomic E-state index is 5.02. The quantitative estimate of drug-likeness (QED) is 0.680. The van der Waals surface area contributed by atoms with Crippen LogP contribution in [0.1, 0.15) is 51.2 Å². The van der Waals surface area contributed by atoms with Crippen LogP contribution in [-0.4, -0.2) is 7.11 Å². The monoisotopic (exact) mass is 252 g/mol. The lowest BCUT2D eigenvalue weighted by molar-refractivity contribution is 0.312. The highest BCUT2D eigenvalue weighted by atomic mass is 32.2. The average molecular weight is 252 g/mol. The van der Waals surface area contributed by atoms with E-state index in [9.17, 15) is 0 Å². The van der Waals surface area contributed by atoms with E-state index in [1.54, 1.807) is 7.11 Å². The smallest absolute Gasteiger partial charge is 0.0503 e. The first kappa shape index (κ1) is 14.6. The van der Waals surface area contributed by atoms with Gasteiger partial charge in [-0.25, -0.2) is 0 Å². The van der Waals surface area contributed by atoms with Crippen molar-refractivity contribution in [2.24, 2.45) is 5.41 Å². The van der Waals surface area contributed by atoms with Crippen molar-refractivity contribution in [1.29, 1.82) is 0 Å². The third-order valence-electron chi connectivity index (χ3n) is 3.18. The molecule has 17 heavy (non-hydrogen) atoms. The maximum atomic E-state index is 5.02. The molecule has 0 aromatic heterocycles. The Balaban J connectivity index is 2.78. The van der Waals surface area contributed by atoms with Crippen LogP contribution in [0.15, 0.2) is 24.3 Å². The van der Waals surface area contributed by atoms with E-state index < -0.39 is 0 Å². The normalized spacial score (nSPS) is 13.7. The van der Waals surface area contributed by atoms with E-state index in [1.165, 1.54) is 29.6 Å². The van der Waals surface area contributed by atoms with Crippen LogP contribution in [-0.2, 0) is 9.94 Å². The van der Waals surface area contributed by atoms with Gasteiger partial charge in [0.25, 0.3) is 0 Å². The second-order valence-electron chi connectivity index (χ2n) is 5.50. The van der Waals surface area contributed by atoms with E-state index in [4.69, 9.17) is 4.18 Å². The van der Waals surface area contributed by atoms with Crippen LogP contribution < -0.4 is 0 Å². The Morgan fingerprint density at radius 2 is 1.76 bits per heavy atom. The maximum Gasteiger partial charge on any atom is 0.0503 e. The Labute approximate surface area is 110 Å². The van der Waals surface area contributed by atoms with Crippen molar-refractivity contribution >= 4 is 12.0 Å². The van der Waals surface area contributed by atoms with Crippen molar-refractivity contribution in [2.75, 3.05) is 7.11 Å². The van der Waals surface area contributed by atoms with E-state index in [2.05, 4.69) is 52.0 Å². The SMILES string of the molecule is CCC(c1ccc(CSOC)cc1)C(C)(C)C. The first-order valence-electron chi connectivity index (χ1n) is 6.23. The minimum Gasteiger partial charge on any atom is -0.318 e. The van der Waals surface area contributed by atoms with Crippen molar-refractivity contribution < 1.29 is 4.18 Å². The van der Waals surface area contributed by atoms with Crippen LogP contribution in [0.4, 0.5) is 0 Å². The Bertz CT molecular complexity index is 324. The molecule has 1 unspecified atom stereocenters. The van der Waals surface area contributed by atoms with Crippen molar-refractivity contribution in [3.05, 3.63) is 35.4 Å². The number of rotatable bonds is 5. The van der Waals surface area contributed by atoms with Gasteiger partial charge in [0.05, 0.1) is 7.11 Å². The van der Waals surface area contributed by atoms with Gasteiger partial charge in [-0.1, -0.05) is 52.0 Å². The van der Waals surface area contributed by atoms with Gasteiger partial charge >= 0.3 is 0 Å². The van der Waals surface area contributed by atoms with E-state index in [1.807, 2.05) is 0 Å². The Hall–Kier alpha value is -0.470. The summed E-state index contributed by atoms with van der Waals surface area (Å²) in [5.74, 6) is 1.55. The minimum absolute atomic E-state index is 0.331. The molecule has 0 saturated heterocycles. The summed E-state index contributed by atoms with van der Waals surface area (Å²) in [6.45, 7) is 9.21. The molecule has 2 heteroatoms. The van der Waals surface area contributed by atoms with Gasteiger partial charge in [-0.3, -0.25) is 0 Å². The Morgan fingerprint density at radius 3 is 2.18 bits per heavy atom. The molecule has 0 saturated carbocycles. The highest BCUT2D eigenvalue weighted by Crippen LogP contribution is 2.37.